The monoisotopic (exact) mass is 315 g/mol. The molecule has 118 valence electrons. The number of hydrogen-bond acceptors (Lipinski definition) is 4. The van der Waals surface area contributed by atoms with Gasteiger partial charge in [0.05, 0.1) is 17.1 Å². The van der Waals surface area contributed by atoms with Gasteiger partial charge in [-0.05, 0) is 31.0 Å². The molecule has 0 saturated carbocycles. The Morgan fingerprint density at radius 3 is 2.48 bits per heavy atom. The summed E-state index contributed by atoms with van der Waals surface area (Å²) in [4.78, 5) is 11.0. The molecule has 1 aromatic carbocycles. The summed E-state index contributed by atoms with van der Waals surface area (Å²) in [5.41, 5.74) is 0.415. The fourth-order valence-corrected chi connectivity index (χ4v) is 3.67. The van der Waals surface area contributed by atoms with Crippen molar-refractivity contribution in [3.63, 3.8) is 0 Å². The smallest absolute Gasteiger partial charge is 0.335 e. The van der Waals surface area contributed by atoms with Crippen molar-refractivity contribution in [2.75, 3.05) is 19.7 Å². The second-order valence-corrected chi connectivity index (χ2v) is 6.67. The van der Waals surface area contributed by atoms with Crippen LogP contribution in [-0.2, 0) is 10.0 Å². The average molecular weight is 315 g/mol. The number of unbranched alkanes of at least 4 members (excludes halogenated alkanes) is 1. The molecular weight excluding hydrogens is 294 g/mol. The van der Waals surface area contributed by atoms with Crippen LogP contribution in [-0.4, -0.2) is 48.6 Å². The molecule has 0 aromatic heterocycles. The van der Waals surface area contributed by atoms with Gasteiger partial charge in [0, 0.05) is 13.1 Å². The number of carboxylic acids is 1. The van der Waals surface area contributed by atoms with E-state index in [0.717, 1.165) is 6.42 Å². The summed E-state index contributed by atoms with van der Waals surface area (Å²) in [5.74, 6) is -1.17. The van der Waals surface area contributed by atoms with Gasteiger partial charge in [-0.2, -0.15) is 4.31 Å². The van der Waals surface area contributed by atoms with Crippen LogP contribution in [0.4, 0.5) is 0 Å². The van der Waals surface area contributed by atoms with Gasteiger partial charge in [0.25, 0.3) is 0 Å². The lowest BCUT2D eigenvalue weighted by Gasteiger charge is -2.22. The molecule has 1 rings (SSSR count). The van der Waals surface area contributed by atoms with Crippen molar-refractivity contribution in [2.24, 2.45) is 0 Å². The summed E-state index contributed by atoms with van der Waals surface area (Å²) >= 11 is 0. The number of aryl methyl sites for hydroxylation is 1. The van der Waals surface area contributed by atoms with E-state index in [-0.39, 0.29) is 23.6 Å². The summed E-state index contributed by atoms with van der Waals surface area (Å²) in [6.45, 7) is 3.59. The zero-order valence-electron chi connectivity index (χ0n) is 12.2. The van der Waals surface area contributed by atoms with Crippen LogP contribution in [0.15, 0.2) is 23.1 Å². The molecule has 0 aliphatic heterocycles. The van der Waals surface area contributed by atoms with E-state index < -0.39 is 16.0 Å². The molecule has 0 aliphatic carbocycles. The number of aromatic carboxylic acids is 1. The van der Waals surface area contributed by atoms with E-state index in [9.17, 15) is 13.2 Å². The topological polar surface area (TPSA) is 94.9 Å². The molecule has 0 aliphatic rings. The van der Waals surface area contributed by atoms with E-state index in [1.807, 2.05) is 6.92 Å². The highest BCUT2D eigenvalue weighted by Crippen LogP contribution is 2.22. The number of aliphatic hydroxyl groups excluding tert-OH is 1. The Balaban J connectivity index is 3.26. The third-order valence-corrected chi connectivity index (χ3v) is 5.20. The van der Waals surface area contributed by atoms with E-state index in [4.69, 9.17) is 10.2 Å². The maximum Gasteiger partial charge on any atom is 0.335 e. The Kier molecular flexibility index (Phi) is 6.32. The maximum absolute atomic E-state index is 12.6. The van der Waals surface area contributed by atoms with Crippen molar-refractivity contribution in [1.82, 2.24) is 4.31 Å². The van der Waals surface area contributed by atoms with Crippen LogP contribution in [0.3, 0.4) is 0 Å². The molecule has 0 atom stereocenters. The van der Waals surface area contributed by atoms with Crippen LogP contribution in [0.2, 0.25) is 0 Å². The second-order valence-electron chi connectivity index (χ2n) is 4.77. The van der Waals surface area contributed by atoms with Gasteiger partial charge in [-0.1, -0.05) is 19.4 Å². The maximum atomic E-state index is 12.6. The Bertz CT molecular complexity index is 597. The Labute approximate surface area is 125 Å². The summed E-state index contributed by atoms with van der Waals surface area (Å²) in [6.07, 6.45) is 1.50. The zero-order valence-corrected chi connectivity index (χ0v) is 13.1. The van der Waals surface area contributed by atoms with Crippen LogP contribution in [0.1, 0.15) is 35.7 Å². The Morgan fingerprint density at radius 2 is 1.95 bits per heavy atom. The Hall–Kier alpha value is -1.44. The van der Waals surface area contributed by atoms with Gasteiger partial charge in [-0.25, -0.2) is 13.2 Å². The number of benzene rings is 1. The van der Waals surface area contributed by atoms with Gasteiger partial charge in [0.2, 0.25) is 10.0 Å². The molecule has 0 bridgehead atoms. The molecule has 0 amide bonds. The van der Waals surface area contributed by atoms with Crippen LogP contribution in [0.5, 0.6) is 0 Å². The predicted octanol–water partition coefficient (Wildman–Crippen LogP) is 1.48. The fraction of sp³-hybridized carbons (Fsp3) is 0.500. The molecule has 0 heterocycles. The van der Waals surface area contributed by atoms with Gasteiger partial charge < -0.3 is 10.2 Å². The van der Waals surface area contributed by atoms with Crippen molar-refractivity contribution < 1.29 is 23.4 Å². The molecular formula is C14H21NO5S. The number of sulfonamides is 1. The largest absolute Gasteiger partial charge is 0.478 e. The standard InChI is InChI=1S/C14H21NO5S/c1-3-4-7-15(8-9-16)21(19,20)13-10-12(14(17)18)6-5-11(13)2/h5-6,10,16H,3-4,7-9H2,1-2H3,(H,17,18). The molecule has 0 saturated heterocycles. The molecule has 0 spiro atoms. The molecule has 2 N–H and O–H groups in total. The van der Waals surface area contributed by atoms with Crippen molar-refractivity contribution in [3.05, 3.63) is 29.3 Å². The normalized spacial score (nSPS) is 11.8. The predicted molar refractivity (Wildman–Crippen MR) is 78.9 cm³/mol. The Morgan fingerprint density at radius 1 is 1.29 bits per heavy atom. The van der Waals surface area contributed by atoms with Crippen LogP contribution < -0.4 is 0 Å². The van der Waals surface area contributed by atoms with Crippen LogP contribution >= 0.6 is 0 Å². The lowest BCUT2D eigenvalue weighted by Crippen LogP contribution is -2.35. The molecule has 6 nitrogen and oxygen atoms in total. The van der Waals surface area contributed by atoms with E-state index in [1.165, 1.54) is 22.5 Å². The average Bonchev–Trinajstić information content (AvgIpc) is 2.43. The van der Waals surface area contributed by atoms with Crippen molar-refractivity contribution in [1.29, 1.82) is 0 Å². The van der Waals surface area contributed by atoms with Crippen molar-refractivity contribution >= 4 is 16.0 Å². The minimum atomic E-state index is -3.81. The third-order valence-electron chi connectivity index (χ3n) is 3.16. The molecule has 7 heteroatoms. The summed E-state index contributed by atoms with van der Waals surface area (Å²) in [6, 6.07) is 4.02. The van der Waals surface area contributed by atoms with Crippen LogP contribution in [0.25, 0.3) is 0 Å². The number of aliphatic hydroxyl groups is 1. The lowest BCUT2D eigenvalue weighted by atomic mass is 10.1. The van der Waals surface area contributed by atoms with Gasteiger partial charge >= 0.3 is 5.97 Å². The molecule has 1 aromatic rings. The van der Waals surface area contributed by atoms with Gasteiger partial charge in [-0.15, -0.1) is 0 Å². The van der Waals surface area contributed by atoms with E-state index in [1.54, 1.807) is 6.92 Å². The second kappa shape index (κ2) is 7.53. The van der Waals surface area contributed by atoms with Crippen LogP contribution in [0, 0.1) is 6.92 Å². The van der Waals surface area contributed by atoms with Crippen molar-refractivity contribution in [2.45, 2.75) is 31.6 Å². The summed E-state index contributed by atoms with van der Waals surface area (Å²) in [5, 5.41) is 18.1. The SMILES string of the molecule is CCCCN(CCO)S(=O)(=O)c1cc(C(=O)O)ccc1C. The minimum Gasteiger partial charge on any atom is -0.478 e. The first-order chi connectivity index (χ1) is 9.84. The van der Waals surface area contributed by atoms with E-state index in [0.29, 0.717) is 18.5 Å². The molecule has 21 heavy (non-hydrogen) atoms. The third kappa shape index (κ3) is 4.26. The lowest BCUT2D eigenvalue weighted by molar-refractivity contribution is 0.0696. The highest BCUT2D eigenvalue weighted by molar-refractivity contribution is 7.89. The quantitative estimate of drug-likeness (QED) is 0.757. The number of carboxylic acid groups (broad SMARTS) is 1. The van der Waals surface area contributed by atoms with Gasteiger partial charge in [-0.3, -0.25) is 0 Å². The number of hydrogen-bond donors (Lipinski definition) is 2. The first-order valence-corrected chi connectivity index (χ1v) is 8.23. The van der Waals surface area contributed by atoms with Crippen molar-refractivity contribution in [3.8, 4) is 0 Å². The van der Waals surface area contributed by atoms with E-state index in [2.05, 4.69) is 0 Å². The number of rotatable bonds is 8. The van der Waals surface area contributed by atoms with Gasteiger partial charge in [0.1, 0.15) is 0 Å². The summed E-state index contributed by atoms with van der Waals surface area (Å²) < 4.78 is 26.5. The molecule has 0 fully saturated rings. The van der Waals surface area contributed by atoms with E-state index >= 15 is 0 Å². The zero-order chi connectivity index (χ0) is 16.0. The fourth-order valence-electron chi connectivity index (χ4n) is 1.95. The first kappa shape index (κ1) is 17.6. The first-order valence-electron chi connectivity index (χ1n) is 6.79. The summed E-state index contributed by atoms with van der Waals surface area (Å²) in [7, 11) is -3.81. The number of nitrogens with zero attached hydrogens (tertiary/aromatic N) is 1. The number of carbonyl (C=O) groups is 1. The molecule has 0 radical (unpaired) electrons. The molecule has 0 unspecified atom stereocenters. The minimum absolute atomic E-state index is 0.000920. The highest BCUT2D eigenvalue weighted by atomic mass is 32.2. The van der Waals surface area contributed by atoms with Gasteiger partial charge in [0.15, 0.2) is 0 Å². The highest BCUT2D eigenvalue weighted by Gasteiger charge is 2.26.